The number of morpholine rings is 1. The Morgan fingerprint density at radius 3 is 2.68 bits per heavy atom. The third kappa shape index (κ3) is 6.17. The van der Waals surface area contributed by atoms with E-state index in [0.29, 0.717) is 17.2 Å². The van der Waals surface area contributed by atoms with Gasteiger partial charge in [-0.05, 0) is 38.1 Å². The number of anilines is 2. The maximum Gasteiger partial charge on any atom is 0.274 e. The van der Waals surface area contributed by atoms with E-state index in [0.717, 1.165) is 45.1 Å². The molecule has 8 heteroatoms. The second-order valence-electron chi connectivity index (χ2n) is 6.81. The first kappa shape index (κ1) is 20.0. The number of amides is 1. The highest BCUT2D eigenvalue weighted by atomic mass is 16.5. The SMILES string of the molecule is CC(C)Oc1ccc(NC(=O)c2cc(NCCN3CCOCC3)ncn2)cc1. The molecular formula is C20H27N5O3. The largest absolute Gasteiger partial charge is 0.491 e. The van der Waals surface area contributed by atoms with Crippen LogP contribution in [0.1, 0.15) is 24.3 Å². The van der Waals surface area contributed by atoms with Gasteiger partial charge in [0.05, 0.1) is 19.3 Å². The molecule has 1 amide bonds. The summed E-state index contributed by atoms with van der Waals surface area (Å²) >= 11 is 0. The third-order valence-electron chi connectivity index (χ3n) is 4.22. The number of hydrogen-bond donors (Lipinski definition) is 2. The number of carbonyl (C=O) groups is 1. The molecule has 2 aromatic rings. The molecule has 0 aliphatic carbocycles. The van der Waals surface area contributed by atoms with Gasteiger partial charge in [-0.15, -0.1) is 0 Å². The molecule has 0 saturated carbocycles. The molecule has 1 aromatic carbocycles. The van der Waals surface area contributed by atoms with E-state index in [1.807, 2.05) is 26.0 Å². The second kappa shape index (κ2) is 10.0. The molecule has 0 bridgehead atoms. The van der Waals surface area contributed by atoms with Crippen LogP contribution in [0.5, 0.6) is 5.75 Å². The zero-order valence-corrected chi connectivity index (χ0v) is 16.4. The summed E-state index contributed by atoms with van der Waals surface area (Å²) in [5, 5.41) is 6.09. The van der Waals surface area contributed by atoms with Crippen molar-refractivity contribution in [1.29, 1.82) is 0 Å². The topological polar surface area (TPSA) is 88.6 Å². The molecule has 1 aliphatic rings. The summed E-state index contributed by atoms with van der Waals surface area (Å²) in [6.07, 6.45) is 1.50. The molecule has 1 aliphatic heterocycles. The van der Waals surface area contributed by atoms with Crippen LogP contribution >= 0.6 is 0 Å². The number of carbonyl (C=O) groups excluding carboxylic acids is 1. The van der Waals surface area contributed by atoms with Crippen LogP contribution in [0.4, 0.5) is 11.5 Å². The Morgan fingerprint density at radius 1 is 1.21 bits per heavy atom. The Balaban J connectivity index is 1.51. The molecule has 3 rings (SSSR count). The maximum atomic E-state index is 12.5. The number of rotatable bonds is 8. The Morgan fingerprint density at radius 2 is 1.96 bits per heavy atom. The lowest BCUT2D eigenvalue weighted by molar-refractivity contribution is 0.0398. The van der Waals surface area contributed by atoms with Gasteiger partial charge in [-0.25, -0.2) is 9.97 Å². The highest BCUT2D eigenvalue weighted by Crippen LogP contribution is 2.17. The minimum absolute atomic E-state index is 0.107. The first-order valence-corrected chi connectivity index (χ1v) is 9.54. The van der Waals surface area contributed by atoms with Gasteiger partial charge in [-0.2, -0.15) is 0 Å². The molecule has 0 spiro atoms. The molecule has 0 atom stereocenters. The fourth-order valence-electron chi connectivity index (χ4n) is 2.83. The highest BCUT2D eigenvalue weighted by molar-refractivity contribution is 6.03. The van der Waals surface area contributed by atoms with E-state index in [4.69, 9.17) is 9.47 Å². The number of hydrogen-bond acceptors (Lipinski definition) is 7. The van der Waals surface area contributed by atoms with Crippen molar-refractivity contribution in [1.82, 2.24) is 14.9 Å². The van der Waals surface area contributed by atoms with E-state index in [9.17, 15) is 4.79 Å². The van der Waals surface area contributed by atoms with Gasteiger partial charge in [-0.1, -0.05) is 0 Å². The van der Waals surface area contributed by atoms with Crippen molar-refractivity contribution in [2.45, 2.75) is 20.0 Å². The zero-order chi connectivity index (χ0) is 19.8. The summed E-state index contributed by atoms with van der Waals surface area (Å²) in [5.41, 5.74) is 0.993. The Bertz CT molecular complexity index is 761. The van der Waals surface area contributed by atoms with Crippen LogP contribution in [0.25, 0.3) is 0 Å². The van der Waals surface area contributed by atoms with E-state index in [1.54, 1.807) is 18.2 Å². The minimum Gasteiger partial charge on any atom is -0.491 e. The van der Waals surface area contributed by atoms with Crippen molar-refractivity contribution in [2.24, 2.45) is 0 Å². The molecular weight excluding hydrogens is 358 g/mol. The van der Waals surface area contributed by atoms with Gasteiger partial charge >= 0.3 is 0 Å². The van der Waals surface area contributed by atoms with Gasteiger partial charge in [0.2, 0.25) is 0 Å². The highest BCUT2D eigenvalue weighted by Gasteiger charge is 2.11. The Kier molecular flexibility index (Phi) is 7.16. The van der Waals surface area contributed by atoms with Gasteiger partial charge in [-0.3, -0.25) is 9.69 Å². The molecule has 1 fully saturated rings. The lowest BCUT2D eigenvalue weighted by Crippen LogP contribution is -2.39. The van der Waals surface area contributed by atoms with E-state index >= 15 is 0 Å². The van der Waals surface area contributed by atoms with Crippen molar-refractivity contribution in [3.05, 3.63) is 42.4 Å². The molecule has 1 aromatic heterocycles. The summed E-state index contributed by atoms with van der Waals surface area (Å²) in [7, 11) is 0. The standard InChI is InChI=1S/C20H27N5O3/c1-15(2)28-17-5-3-16(4-6-17)24-20(26)18-13-19(23-14-22-18)21-7-8-25-9-11-27-12-10-25/h3-6,13-15H,7-12H2,1-2H3,(H,24,26)(H,21,22,23). The summed E-state index contributed by atoms with van der Waals surface area (Å²) in [4.78, 5) is 23.1. The van der Waals surface area contributed by atoms with Crippen molar-refractivity contribution in [2.75, 3.05) is 50.0 Å². The lowest BCUT2D eigenvalue weighted by Gasteiger charge is -2.26. The molecule has 0 unspecified atom stereocenters. The van der Waals surface area contributed by atoms with Gasteiger partial charge in [0, 0.05) is 37.9 Å². The van der Waals surface area contributed by atoms with Crippen LogP contribution in [-0.2, 0) is 4.74 Å². The number of ether oxygens (including phenoxy) is 2. The molecule has 8 nitrogen and oxygen atoms in total. The predicted molar refractivity (Wildman–Crippen MR) is 108 cm³/mol. The molecule has 0 radical (unpaired) electrons. The van der Waals surface area contributed by atoms with Crippen LogP contribution in [0.2, 0.25) is 0 Å². The van der Waals surface area contributed by atoms with Crippen LogP contribution in [0.3, 0.4) is 0 Å². The van der Waals surface area contributed by atoms with Gasteiger partial charge in [0.15, 0.2) is 0 Å². The summed E-state index contributed by atoms with van der Waals surface area (Å²) < 4.78 is 10.9. The van der Waals surface area contributed by atoms with Crippen LogP contribution in [-0.4, -0.2) is 66.3 Å². The lowest BCUT2D eigenvalue weighted by atomic mass is 10.2. The van der Waals surface area contributed by atoms with Crippen molar-refractivity contribution in [3.8, 4) is 5.75 Å². The van der Waals surface area contributed by atoms with Crippen LogP contribution < -0.4 is 15.4 Å². The van der Waals surface area contributed by atoms with Gasteiger partial charge in [0.1, 0.15) is 23.6 Å². The average molecular weight is 385 g/mol. The van der Waals surface area contributed by atoms with Crippen molar-refractivity contribution < 1.29 is 14.3 Å². The first-order chi connectivity index (χ1) is 13.6. The average Bonchev–Trinajstić information content (AvgIpc) is 2.70. The normalized spacial score (nSPS) is 14.7. The van der Waals surface area contributed by atoms with E-state index in [1.165, 1.54) is 6.33 Å². The van der Waals surface area contributed by atoms with E-state index in [2.05, 4.69) is 25.5 Å². The van der Waals surface area contributed by atoms with Gasteiger partial charge < -0.3 is 20.1 Å². The number of nitrogens with zero attached hydrogens (tertiary/aromatic N) is 3. The Labute approximate surface area is 165 Å². The Hall–Kier alpha value is -2.71. The molecule has 150 valence electrons. The fourth-order valence-corrected chi connectivity index (χ4v) is 2.83. The predicted octanol–water partition coefficient (Wildman–Crippen LogP) is 2.26. The minimum atomic E-state index is -0.281. The van der Waals surface area contributed by atoms with Crippen molar-refractivity contribution >= 4 is 17.4 Å². The molecule has 2 heterocycles. The van der Waals surface area contributed by atoms with E-state index < -0.39 is 0 Å². The summed E-state index contributed by atoms with van der Waals surface area (Å²) in [6, 6.07) is 8.92. The first-order valence-electron chi connectivity index (χ1n) is 9.54. The number of benzene rings is 1. The number of nitrogens with one attached hydrogen (secondary N) is 2. The van der Waals surface area contributed by atoms with Gasteiger partial charge in [0.25, 0.3) is 5.91 Å². The maximum absolute atomic E-state index is 12.5. The number of aromatic nitrogens is 2. The molecule has 2 N–H and O–H groups in total. The fraction of sp³-hybridized carbons (Fsp3) is 0.450. The molecule has 28 heavy (non-hydrogen) atoms. The summed E-state index contributed by atoms with van der Waals surface area (Å²) in [6.45, 7) is 9.04. The third-order valence-corrected chi connectivity index (χ3v) is 4.22. The summed E-state index contributed by atoms with van der Waals surface area (Å²) in [5.74, 6) is 1.12. The quantitative estimate of drug-likeness (QED) is 0.720. The monoisotopic (exact) mass is 385 g/mol. The second-order valence-corrected chi connectivity index (χ2v) is 6.81. The zero-order valence-electron chi connectivity index (χ0n) is 16.4. The van der Waals surface area contributed by atoms with Crippen molar-refractivity contribution in [3.63, 3.8) is 0 Å². The van der Waals surface area contributed by atoms with Crippen LogP contribution in [0, 0.1) is 0 Å². The van der Waals surface area contributed by atoms with Crippen LogP contribution in [0.15, 0.2) is 36.7 Å². The molecule has 1 saturated heterocycles. The smallest absolute Gasteiger partial charge is 0.274 e. The van der Waals surface area contributed by atoms with E-state index in [-0.39, 0.29) is 12.0 Å².